The van der Waals surface area contributed by atoms with Crippen LogP contribution in [0.4, 0.5) is 8.78 Å². The van der Waals surface area contributed by atoms with E-state index in [1.807, 2.05) is 4.90 Å². The fourth-order valence-electron chi connectivity index (χ4n) is 5.79. The molecule has 2 fully saturated rings. The molecule has 0 bridgehead atoms. The van der Waals surface area contributed by atoms with Crippen molar-refractivity contribution in [2.24, 2.45) is 11.3 Å². The summed E-state index contributed by atoms with van der Waals surface area (Å²) >= 11 is 0. The molecule has 1 aromatic carbocycles. The molecule has 0 N–H and O–H groups in total. The molecular formula is C28H35F2N3O2. The Labute approximate surface area is 206 Å². The third kappa shape index (κ3) is 5.71. The highest BCUT2D eigenvalue weighted by atomic mass is 19.1. The Balaban J connectivity index is 1.51. The minimum Gasteiger partial charge on any atom is -0.342 e. The lowest BCUT2D eigenvalue weighted by atomic mass is 9.74. The monoisotopic (exact) mass is 483 g/mol. The summed E-state index contributed by atoms with van der Waals surface area (Å²) in [6.45, 7) is 3.37. The molecule has 1 aliphatic carbocycles. The summed E-state index contributed by atoms with van der Waals surface area (Å²) in [5.74, 6) is -1.07. The molecule has 1 saturated heterocycles. The van der Waals surface area contributed by atoms with Crippen molar-refractivity contribution in [2.75, 3.05) is 20.1 Å². The van der Waals surface area contributed by atoms with Gasteiger partial charge >= 0.3 is 0 Å². The summed E-state index contributed by atoms with van der Waals surface area (Å²) in [4.78, 5) is 34.3. The Kier molecular flexibility index (Phi) is 7.82. The number of rotatable bonds is 6. The number of amides is 2. The lowest BCUT2D eigenvalue weighted by Gasteiger charge is -2.43. The Hall–Kier alpha value is -2.83. The molecule has 2 aliphatic rings. The largest absolute Gasteiger partial charge is 0.342 e. The van der Waals surface area contributed by atoms with Crippen LogP contribution in [-0.4, -0.2) is 52.8 Å². The van der Waals surface area contributed by atoms with E-state index in [0.717, 1.165) is 44.6 Å². The van der Waals surface area contributed by atoms with Gasteiger partial charge in [0.1, 0.15) is 11.6 Å². The zero-order chi connectivity index (χ0) is 25.0. The summed E-state index contributed by atoms with van der Waals surface area (Å²) in [5, 5.41) is 0. The Morgan fingerprint density at radius 3 is 2.49 bits per heavy atom. The van der Waals surface area contributed by atoms with E-state index in [1.54, 1.807) is 30.3 Å². The number of hydrogen-bond acceptors (Lipinski definition) is 3. The van der Waals surface area contributed by atoms with Gasteiger partial charge in [-0.25, -0.2) is 8.78 Å². The molecule has 35 heavy (non-hydrogen) atoms. The van der Waals surface area contributed by atoms with Crippen LogP contribution in [0.5, 0.6) is 0 Å². The van der Waals surface area contributed by atoms with Crippen LogP contribution in [0.1, 0.15) is 67.8 Å². The van der Waals surface area contributed by atoms with Gasteiger partial charge < -0.3 is 9.80 Å². The van der Waals surface area contributed by atoms with E-state index in [1.165, 1.54) is 24.8 Å². The molecule has 4 rings (SSSR count). The van der Waals surface area contributed by atoms with Crippen molar-refractivity contribution in [2.45, 2.75) is 64.3 Å². The van der Waals surface area contributed by atoms with Gasteiger partial charge in [0.05, 0.1) is 5.56 Å². The van der Waals surface area contributed by atoms with Crippen molar-refractivity contribution in [3.05, 3.63) is 65.5 Å². The molecule has 0 radical (unpaired) electrons. The third-order valence-corrected chi connectivity index (χ3v) is 8.01. The highest BCUT2D eigenvalue weighted by Gasteiger charge is 2.40. The van der Waals surface area contributed by atoms with Gasteiger partial charge in [-0.05, 0) is 61.8 Å². The predicted octanol–water partition coefficient (Wildman–Crippen LogP) is 5.25. The highest BCUT2D eigenvalue weighted by molar-refractivity contribution is 5.94. The van der Waals surface area contributed by atoms with Crippen LogP contribution in [0.3, 0.4) is 0 Å². The van der Waals surface area contributed by atoms with E-state index in [9.17, 15) is 18.4 Å². The van der Waals surface area contributed by atoms with Crippen molar-refractivity contribution >= 4 is 11.8 Å². The zero-order valence-corrected chi connectivity index (χ0v) is 20.7. The zero-order valence-electron chi connectivity index (χ0n) is 20.7. The van der Waals surface area contributed by atoms with Crippen LogP contribution in [0.15, 0.2) is 42.7 Å². The first-order chi connectivity index (χ1) is 16.8. The smallest absolute Gasteiger partial charge is 0.255 e. The fourth-order valence-corrected chi connectivity index (χ4v) is 5.79. The Bertz CT molecular complexity index is 1030. The molecule has 2 amide bonds. The first kappa shape index (κ1) is 25.3. The molecule has 7 heteroatoms. The van der Waals surface area contributed by atoms with Gasteiger partial charge in [0.2, 0.25) is 5.91 Å². The number of pyridine rings is 1. The number of nitrogens with zero attached hydrogens (tertiary/aromatic N) is 3. The molecule has 2 heterocycles. The lowest BCUT2D eigenvalue weighted by Crippen LogP contribution is -2.51. The standard InChI is InChI=1S/C28H35F2N3O2/c1-28(12-4-3-5-13-28)27(35)33-15-10-20(11-16-33)25(17-21-8-9-23(29)18-24(21)30)32(2)26(34)22-7-6-14-31-19-22/h6-9,14,18-20,25H,3-5,10-13,15-17H2,1-2H3. The molecule has 0 spiro atoms. The molecule has 1 saturated carbocycles. The third-order valence-electron chi connectivity index (χ3n) is 8.01. The lowest BCUT2D eigenvalue weighted by molar-refractivity contribution is -0.144. The molecule has 5 nitrogen and oxygen atoms in total. The number of hydrogen-bond donors (Lipinski definition) is 0. The van der Waals surface area contributed by atoms with Gasteiger partial charge in [0.15, 0.2) is 0 Å². The quantitative estimate of drug-likeness (QED) is 0.564. The molecule has 1 aliphatic heterocycles. The first-order valence-corrected chi connectivity index (χ1v) is 12.7. The van der Waals surface area contributed by atoms with Crippen molar-refractivity contribution in [3.8, 4) is 0 Å². The number of aromatic nitrogens is 1. The van der Waals surface area contributed by atoms with Gasteiger partial charge in [0, 0.05) is 50.1 Å². The topological polar surface area (TPSA) is 53.5 Å². The van der Waals surface area contributed by atoms with Crippen LogP contribution in [0.25, 0.3) is 0 Å². The van der Waals surface area contributed by atoms with E-state index in [2.05, 4.69) is 11.9 Å². The first-order valence-electron chi connectivity index (χ1n) is 12.7. The average molecular weight is 484 g/mol. The predicted molar refractivity (Wildman–Crippen MR) is 131 cm³/mol. The Morgan fingerprint density at radius 2 is 1.86 bits per heavy atom. The summed E-state index contributed by atoms with van der Waals surface area (Å²) in [7, 11) is 1.74. The molecular weight excluding hydrogens is 448 g/mol. The Morgan fingerprint density at radius 1 is 1.14 bits per heavy atom. The van der Waals surface area contributed by atoms with Crippen LogP contribution in [0, 0.1) is 23.0 Å². The number of benzene rings is 1. The second-order valence-electron chi connectivity index (χ2n) is 10.4. The minimum absolute atomic E-state index is 0.0910. The van der Waals surface area contributed by atoms with E-state index in [0.29, 0.717) is 24.2 Å². The average Bonchev–Trinajstić information content (AvgIpc) is 2.88. The van der Waals surface area contributed by atoms with Crippen LogP contribution < -0.4 is 0 Å². The molecule has 1 aromatic heterocycles. The summed E-state index contributed by atoms with van der Waals surface area (Å²) in [6.07, 6.45) is 10.2. The molecule has 2 aromatic rings. The number of carbonyl (C=O) groups excluding carboxylic acids is 2. The second kappa shape index (κ2) is 10.8. The van der Waals surface area contributed by atoms with Gasteiger partial charge in [-0.1, -0.05) is 32.3 Å². The SMILES string of the molecule is CN(C(=O)c1cccnc1)C(Cc1ccc(F)cc1F)C1CCN(C(=O)C2(C)CCCCC2)CC1. The number of piperidine rings is 1. The second-order valence-corrected chi connectivity index (χ2v) is 10.4. The molecule has 188 valence electrons. The van der Waals surface area contributed by atoms with Crippen LogP contribution >= 0.6 is 0 Å². The van der Waals surface area contributed by atoms with Crippen LogP contribution in [-0.2, 0) is 11.2 Å². The normalized spacial score (nSPS) is 19.3. The minimum atomic E-state index is -0.620. The molecule has 1 unspecified atom stereocenters. The summed E-state index contributed by atoms with van der Waals surface area (Å²) < 4.78 is 28.1. The summed E-state index contributed by atoms with van der Waals surface area (Å²) in [5.41, 5.74) is 0.585. The van der Waals surface area contributed by atoms with Gasteiger partial charge in [0.25, 0.3) is 5.91 Å². The maximum absolute atomic E-state index is 14.6. The van der Waals surface area contributed by atoms with E-state index in [4.69, 9.17) is 0 Å². The number of likely N-dealkylation sites (N-methyl/N-ethyl adjacent to an activating group) is 1. The van der Waals surface area contributed by atoms with Crippen molar-refractivity contribution in [1.82, 2.24) is 14.8 Å². The van der Waals surface area contributed by atoms with Crippen molar-refractivity contribution in [1.29, 1.82) is 0 Å². The van der Waals surface area contributed by atoms with Gasteiger partial charge in [-0.3, -0.25) is 14.6 Å². The van der Waals surface area contributed by atoms with Crippen LogP contribution in [0.2, 0.25) is 0 Å². The fraction of sp³-hybridized carbons (Fsp3) is 0.536. The number of halogens is 2. The van der Waals surface area contributed by atoms with E-state index in [-0.39, 0.29) is 35.6 Å². The van der Waals surface area contributed by atoms with Gasteiger partial charge in [-0.15, -0.1) is 0 Å². The highest BCUT2D eigenvalue weighted by Crippen LogP contribution is 2.39. The molecule has 1 atom stereocenters. The van der Waals surface area contributed by atoms with Crippen molar-refractivity contribution < 1.29 is 18.4 Å². The number of carbonyl (C=O) groups is 2. The number of likely N-dealkylation sites (tertiary alicyclic amines) is 1. The van der Waals surface area contributed by atoms with Crippen molar-refractivity contribution in [3.63, 3.8) is 0 Å². The maximum Gasteiger partial charge on any atom is 0.255 e. The van der Waals surface area contributed by atoms with E-state index >= 15 is 0 Å². The van der Waals surface area contributed by atoms with Gasteiger partial charge in [-0.2, -0.15) is 0 Å². The summed E-state index contributed by atoms with van der Waals surface area (Å²) in [6, 6.07) is 6.75. The van der Waals surface area contributed by atoms with E-state index < -0.39 is 11.6 Å². The maximum atomic E-state index is 14.6.